The highest BCUT2D eigenvalue weighted by atomic mass is 32.1. The molecule has 1 aromatic carbocycles. The molecule has 1 aromatic heterocycles. The van der Waals surface area contributed by atoms with Crippen molar-refractivity contribution >= 4 is 17.2 Å². The number of amides is 1. The molecule has 1 fully saturated rings. The molecule has 3 rings (SSSR count). The van der Waals surface area contributed by atoms with Crippen LogP contribution in [0.2, 0.25) is 0 Å². The molecule has 2 aromatic rings. The van der Waals surface area contributed by atoms with Crippen LogP contribution in [0.15, 0.2) is 24.3 Å². The Bertz CT molecular complexity index is 733. The van der Waals surface area contributed by atoms with Gasteiger partial charge in [0.2, 0.25) is 5.91 Å². The molecule has 8 heteroatoms. The van der Waals surface area contributed by atoms with Gasteiger partial charge >= 0.3 is 0 Å². The number of rotatable bonds is 5. The van der Waals surface area contributed by atoms with Crippen LogP contribution in [-0.4, -0.2) is 53.3 Å². The number of nitrogens with zero attached hydrogens (tertiary/aromatic N) is 3. The van der Waals surface area contributed by atoms with Crippen molar-refractivity contribution in [2.24, 2.45) is 0 Å². The van der Waals surface area contributed by atoms with E-state index >= 15 is 0 Å². The summed E-state index contributed by atoms with van der Waals surface area (Å²) in [6.45, 7) is 6.22. The van der Waals surface area contributed by atoms with Crippen LogP contribution in [0.1, 0.15) is 24.9 Å². The van der Waals surface area contributed by atoms with Crippen molar-refractivity contribution in [1.29, 1.82) is 0 Å². The smallest absolute Gasteiger partial charge is 0.239 e. The summed E-state index contributed by atoms with van der Waals surface area (Å²) in [7, 11) is 0. The lowest BCUT2D eigenvalue weighted by Crippen LogP contribution is -2.49. The standard InChI is InChI=1S/C17H21FN4O2S/c1-11(19-12(2)17(23)22-6-8-24-9-7-22)15-20-21-16(25-15)13-4-3-5-14(18)10-13/h3-5,10-12,19H,6-9H2,1-2H3. The Morgan fingerprint density at radius 2 is 2.08 bits per heavy atom. The number of aromatic nitrogens is 2. The average Bonchev–Trinajstić information content (AvgIpc) is 3.12. The number of carbonyl (C=O) groups excluding carboxylic acids is 1. The molecule has 134 valence electrons. The van der Waals surface area contributed by atoms with Gasteiger partial charge in [0.15, 0.2) is 0 Å². The maximum Gasteiger partial charge on any atom is 0.239 e. The van der Waals surface area contributed by atoms with E-state index in [9.17, 15) is 9.18 Å². The topological polar surface area (TPSA) is 67.4 Å². The summed E-state index contributed by atoms with van der Waals surface area (Å²) in [4.78, 5) is 14.3. The predicted molar refractivity (Wildman–Crippen MR) is 93.7 cm³/mol. The first-order chi connectivity index (χ1) is 12.0. The van der Waals surface area contributed by atoms with Crippen LogP contribution in [-0.2, 0) is 9.53 Å². The zero-order valence-corrected chi connectivity index (χ0v) is 15.1. The van der Waals surface area contributed by atoms with Crippen LogP contribution in [0.25, 0.3) is 10.6 Å². The molecule has 2 unspecified atom stereocenters. The first kappa shape index (κ1) is 17.9. The highest BCUT2D eigenvalue weighted by molar-refractivity contribution is 7.14. The molecule has 1 aliphatic heterocycles. The van der Waals surface area contributed by atoms with Gasteiger partial charge in [-0.15, -0.1) is 10.2 Å². The summed E-state index contributed by atoms with van der Waals surface area (Å²) in [6.07, 6.45) is 0. The molecule has 6 nitrogen and oxygen atoms in total. The van der Waals surface area contributed by atoms with Crippen molar-refractivity contribution in [1.82, 2.24) is 20.4 Å². The average molecular weight is 364 g/mol. The van der Waals surface area contributed by atoms with Crippen LogP contribution in [0.5, 0.6) is 0 Å². The third-order valence-corrected chi connectivity index (χ3v) is 5.23. The van der Waals surface area contributed by atoms with Gasteiger partial charge in [0, 0.05) is 18.7 Å². The van der Waals surface area contributed by atoms with Crippen molar-refractivity contribution < 1.29 is 13.9 Å². The highest BCUT2D eigenvalue weighted by Gasteiger charge is 2.24. The Kier molecular flexibility index (Phi) is 5.72. The van der Waals surface area contributed by atoms with Gasteiger partial charge in [-0.2, -0.15) is 0 Å². The summed E-state index contributed by atoms with van der Waals surface area (Å²) in [5, 5.41) is 13.0. The zero-order chi connectivity index (χ0) is 17.8. The highest BCUT2D eigenvalue weighted by Crippen LogP contribution is 2.27. The van der Waals surface area contributed by atoms with Gasteiger partial charge in [-0.25, -0.2) is 4.39 Å². The Hall–Kier alpha value is -1.90. The van der Waals surface area contributed by atoms with Crippen molar-refractivity contribution in [3.63, 3.8) is 0 Å². The second-order valence-electron chi connectivity index (χ2n) is 6.00. The lowest BCUT2D eigenvalue weighted by atomic mass is 10.2. The number of ether oxygens (including phenoxy) is 1. The largest absolute Gasteiger partial charge is 0.378 e. The van der Waals surface area contributed by atoms with E-state index in [4.69, 9.17) is 4.74 Å². The van der Waals surface area contributed by atoms with Crippen molar-refractivity contribution in [2.45, 2.75) is 25.9 Å². The molecule has 0 bridgehead atoms. The lowest BCUT2D eigenvalue weighted by Gasteiger charge is -2.30. The summed E-state index contributed by atoms with van der Waals surface area (Å²) in [5.74, 6) is -0.241. The summed E-state index contributed by atoms with van der Waals surface area (Å²) in [5.41, 5.74) is 0.702. The summed E-state index contributed by atoms with van der Waals surface area (Å²) in [6, 6.07) is 5.84. The second-order valence-corrected chi connectivity index (χ2v) is 7.01. The van der Waals surface area contributed by atoms with Gasteiger partial charge in [-0.05, 0) is 26.0 Å². The molecule has 0 spiro atoms. The molecule has 2 atom stereocenters. The molecule has 25 heavy (non-hydrogen) atoms. The monoisotopic (exact) mass is 364 g/mol. The van der Waals surface area contributed by atoms with Gasteiger partial charge < -0.3 is 9.64 Å². The van der Waals surface area contributed by atoms with E-state index in [-0.39, 0.29) is 23.8 Å². The number of hydrogen-bond donors (Lipinski definition) is 1. The van der Waals surface area contributed by atoms with Crippen LogP contribution in [0.4, 0.5) is 4.39 Å². The van der Waals surface area contributed by atoms with Gasteiger partial charge in [0.25, 0.3) is 0 Å². The summed E-state index contributed by atoms with van der Waals surface area (Å²) < 4.78 is 18.6. The third-order valence-electron chi connectivity index (χ3n) is 4.08. The van der Waals surface area contributed by atoms with E-state index < -0.39 is 0 Å². The first-order valence-electron chi connectivity index (χ1n) is 8.26. The van der Waals surface area contributed by atoms with E-state index in [1.54, 1.807) is 12.1 Å². The molecule has 1 N–H and O–H groups in total. The first-order valence-corrected chi connectivity index (χ1v) is 9.08. The molecule has 0 saturated carbocycles. The lowest BCUT2D eigenvalue weighted by molar-refractivity contribution is -0.137. The van der Waals surface area contributed by atoms with E-state index in [0.717, 1.165) is 5.01 Å². The Labute approximate surface area is 150 Å². The predicted octanol–water partition coefficient (Wildman–Crippen LogP) is 2.24. The quantitative estimate of drug-likeness (QED) is 0.881. The van der Waals surface area contributed by atoms with Gasteiger partial charge in [-0.1, -0.05) is 23.5 Å². The van der Waals surface area contributed by atoms with Gasteiger partial charge in [0.05, 0.1) is 25.3 Å². The maximum absolute atomic E-state index is 13.3. The number of halogens is 1. The normalized spacial score (nSPS) is 17.3. The number of morpholine rings is 1. The molecule has 1 amide bonds. The Morgan fingerprint density at radius 3 is 2.80 bits per heavy atom. The summed E-state index contributed by atoms with van der Waals surface area (Å²) >= 11 is 1.40. The number of benzene rings is 1. The second kappa shape index (κ2) is 7.99. The molecule has 0 radical (unpaired) electrons. The third kappa shape index (κ3) is 4.39. The molecule has 1 aliphatic rings. The fourth-order valence-corrected chi connectivity index (χ4v) is 3.57. The molecular formula is C17H21FN4O2S. The minimum Gasteiger partial charge on any atom is -0.378 e. The number of nitrogens with one attached hydrogen (secondary N) is 1. The van der Waals surface area contributed by atoms with Crippen LogP contribution in [0, 0.1) is 5.82 Å². The zero-order valence-electron chi connectivity index (χ0n) is 14.2. The number of carbonyl (C=O) groups is 1. The molecular weight excluding hydrogens is 343 g/mol. The van der Waals surface area contributed by atoms with Crippen molar-refractivity contribution in [3.05, 3.63) is 35.1 Å². The van der Waals surface area contributed by atoms with E-state index in [2.05, 4.69) is 15.5 Å². The molecule has 0 aliphatic carbocycles. The number of hydrogen-bond acceptors (Lipinski definition) is 6. The fraction of sp³-hybridized carbons (Fsp3) is 0.471. The van der Waals surface area contributed by atoms with Gasteiger partial charge in [-0.3, -0.25) is 10.1 Å². The molecule has 2 heterocycles. The SMILES string of the molecule is CC(NC(C)c1nnc(-c2cccc(F)c2)s1)C(=O)N1CCOCC1. The fourth-order valence-electron chi connectivity index (χ4n) is 2.72. The molecule has 1 saturated heterocycles. The Morgan fingerprint density at radius 1 is 1.32 bits per heavy atom. The Balaban J connectivity index is 1.63. The van der Waals surface area contributed by atoms with Crippen LogP contribution in [0.3, 0.4) is 0 Å². The van der Waals surface area contributed by atoms with E-state index in [1.807, 2.05) is 18.7 Å². The van der Waals surface area contributed by atoms with Crippen LogP contribution < -0.4 is 5.32 Å². The minimum absolute atomic E-state index is 0.0602. The van der Waals surface area contributed by atoms with Crippen molar-refractivity contribution in [2.75, 3.05) is 26.3 Å². The van der Waals surface area contributed by atoms with Crippen LogP contribution >= 0.6 is 11.3 Å². The van der Waals surface area contributed by atoms with Crippen molar-refractivity contribution in [3.8, 4) is 10.6 Å². The minimum atomic E-state index is -0.324. The van der Waals surface area contributed by atoms with E-state index in [1.165, 1.54) is 23.5 Å². The van der Waals surface area contributed by atoms with E-state index in [0.29, 0.717) is 36.9 Å². The van der Waals surface area contributed by atoms with Gasteiger partial charge in [0.1, 0.15) is 15.8 Å². The maximum atomic E-state index is 13.3.